The van der Waals surface area contributed by atoms with E-state index in [0.29, 0.717) is 5.69 Å². The van der Waals surface area contributed by atoms with E-state index in [1.54, 1.807) is 35.2 Å². The maximum atomic E-state index is 14.7. The van der Waals surface area contributed by atoms with Crippen LogP contribution in [-0.2, 0) is 32.6 Å². The van der Waals surface area contributed by atoms with Crippen LogP contribution in [0.25, 0.3) is 0 Å². The molecule has 0 spiro atoms. The Hall–Kier alpha value is -3.95. The van der Waals surface area contributed by atoms with Crippen molar-refractivity contribution in [3.63, 3.8) is 0 Å². The number of hydrogen-bond acceptors (Lipinski definition) is 4. The Morgan fingerprint density at radius 1 is 0.830 bits per heavy atom. The number of carbonyl (C=O) groups is 2. The van der Waals surface area contributed by atoms with Crippen molar-refractivity contribution in [2.75, 3.05) is 10.8 Å². The number of hydrogen-bond donors (Lipinski definition) is 1. The number of amides is 2. The van der Waals surface area contributed by atoms with Gasteiger partial charge in [0.15, 0.2) is 0 Å². The van der Waals surface area contributed by atoms with Gasteiger partial charge in [0.25, 0.3) is 10.0 Å². The average Bonchev–Trinajstić information content (AvgIpc) is 3.56. The highest BCUT2D eigenvalue weighted by Crippen LogP contribution is 2.29. The second-order valence-corrected chi connectivity index (χ2v) is 15.2. The van der Waals surface area contributed by atoms with Gasteiger partial charge >= 0.3 is 0 Å². The summed E-state index contributed by atoms with van der Waals surface area (Å²) in [5.41, 5.74) is 4.67. The number of sulfonamides is 1. The molecule has 0 heterocycles. The van der Waals surface area contributed by atoms with E-state index >= 15 is 0 Å². The normalized spacial score (nSPS) is 14.0. The first kappa shape index (κ1) is 34.4. The Morgan fingerprint density at radius 3 is 2.17 bits per heavy atom. The molecule has 0 aliphatic heterocycles. The van der Waals surface area contributed by atoms with Crippen molar-refractivity contribution in [2.24, 2.45) is 0 Å². The summed E-state index contributed by atoms with van der Waals surface area (Å²) in [5, 5.41) is 3.22. The van der Waals surface area contributed by atoms with Crippen molar-refractivity contribution >= 4 is 43.5 Å². The van der Waals surface area contributed by atoms with Crippen molar-refractivity contribution < 1.29 is 18.0 Å². The maximum Gasteiger partial charge on any atom is 0.264 e. The highest BCUT2D eigenvalue weighted by Gasteiger charge is 2.36. The number of anilines is 1. The predicted molar refractivity (Wildman–Crippen MR) is 191 cm³/mol. The zero-order chi connectivity index (χ0) is 33.6. The summed E-state index contributed by atoms with van der Waals surface area (Å²) in [6, 6.07) is 28.6. The number of nitrogens with one attached hydrogen (secondary N) is 1. The summed E-state index contributed by atoms with van der Waals surface area (Å²) in [5.74, 6) is -0.701. The van der Waals surface area contributed by atoms with Crippen molar-refractivity contribution in [2.45, 2.75) is 76.4 Å². The summed E-state index contributed by atoms with van der Waals surface area (Å²) in [6.45, 7) is 5.27. The number of rotatable bonds is 12. The Labute approximate surface area is 287 Å². The van der Waals surface area contributed by atoms with Gasteiger partial charge in [-0.25, -0.2) is 8.42 Å². The van der Waals surface area contributed by atoms with Gasteiger partial charge in [0.2, 0.25) is 11.8 Å². The first-order valence-electron chi connectivity index (χ1n) is 16.1. The van der Waals surface area contributed by atoms with Crippen molar-refractivity contribution in [3.05, 3.63) is 129 Å². The van der Waals surface area contributed by atoms with E-state index in [0.717, 1.165) is 58.0 Å². The van der Waals surface area contributed by atoms with Gasteiger partial charge in [-0.1, -0.05) is 101 Å². The second kappa shape index (κ2) is 15.3. The minimum atomic E-state index is -4.16. The molecule has 4 aromatic carbocycles. The molecule has 1 fully saturated rings. The van der Waals surface area contributed by atoms with Gasteiger partial charge in [-0.3, -0.25) is 13.9 Å². The summed E-state index contributed by atoms with van der Waals surface area (Å²) in [6.07, 6.45) is 4.19. The Morgan fingerprint density at radius 2 is 1.49 bits per heavy atom. The van der Waals surface area contributed by atoms with E-state index in [2.05, 4.69) is 21.2 Å². The molecule has 9 heteroatoms. The molecule has 1 N–H and O–H groups in total. The zero-order valence-electron chi connectivity index (χ0n) is 27.2. The monoisotopic (exact) mass is 715 g/mol. The Bertz CT molecular complexity index is 1810. The van der Waals surface area contributed by atoms with Crippen molar-refractivity contribution in [3.8, 4) is 0 Å². The lowest BCUT2D eigenvalue weighted by Crippen LogP contribution is -2.54. The van der Waals surface area contributed by atoms with E-state index in [4.69, 9.17) is 0 Å². The Kier molecular flexibility index (Phi) is 11.2. The largest absolute Gasteiger partial charge is 0.352 e. The van der Waals surface area contributed by atoms with Gasteiger partial charge in [-0.15, -0.1) is 0 Å². The van der Waals surface area contributed by atoms with Gasteiger partial charge in [0.1, 0.15) is 12.6 Å². The molecule has 0 radical (unpaired) electrons. The SMILES string of the molecule is Cc1ccc(S(=O)(=O)N(CC(=O)N(Cc2cccc(Br)c2)C(Cc2ccccc2)C(=O)NC2CCCC2)c2cc(C)ccc2C)cc1. The molecular weight excluding hydrogens is 674 g/mol. The van der Waals surface area contributed by atoms with Crippen molar-refractivity contribution in [1.29, 1.82) is 0 Å². The van der Waals surface area contributed by atoms with Crippen LogP contribution in [0.15, 0.2) is 106 Å². The van der Waals surface area contributed by atoms with Gasteiger partial charge in [0.05, 0.1) is 10.6 Å². The molecular formula is C38H42BrN3O4S. The number of carbonyl (C=O) groups excluding carboxylic acids is 2. The number of halogens is 1. The van der Waals surface area contributed by atoms with E-state index in [1.165, 1.54) is 4.31 Å². The van der Waals surface area contributed by atoms with Crippen LogP contribution in [0.3, 0.4) is 0 Å². The molecule has 47 heavy (non-hydrogen) atoms. The molecule has 246 valence electrons. The second-order valence-electron chi connectivity index (χ2n) is 12.5. The number of nitrogens with zero attached hydrogens (tertiary/aromatic N) is 2. The first-order chi connectivity index (χ1) is 22.5. The fourth-order valence-corrected chi connectivity index (χ4v) is 8.01. The Balaban J connectivity index is 1.59. The average molecular weight is 717 g/mol. The summed E-state index contributed by atoms with van der Waals surface area (Å²) in [7, 11) is -4.16. The van der Waals surface area contributed by atoms with Crippen LogP contribution < -0.4 is 9.62 Å². The fraction of sp³-hybridized carbons (Fsp3) is 0.316. The first-order valence-corrected chi connectivity index (χ1v) is 18.3. The molecule has 0 bridgehead atoms. The van der Waals surface area contributed by atoms with E-state index in [9.17, 15) is 18.0 Å². The fourth-order valence-electron chi connectivity index (χ4n) is 6.09. The van der Waals surface area contributed by atoms with Crippen LogP contribution in [0, 0.1) is 20.8 Å². The minimum Gasteiger partial charge on any atom is -0.352 e. The van der Waals surface area contributed by atoms with Crippen LogP contribution in [0.2, 0.25) is 0 Å². The lowest BCUT2D eigenvalue weighted by atomic mass is 10.0. The number of benzene rings is 4. The van der Waals surface area contributed by atoms with Gasteiger partial charge < -0.3 is 10.2 Å². The number of aryl methyl sites for hydroxylation is 3. The maximum absolute atomic E-state index is 14.7. The summed E-state index contributed by atoms with van der Waals surface area (Å²) < 4.78 is 30.8. The van der Waals surface area contributed by atoms with E-state index in [1.807, 2.05) is 87.5 Å². The molecule has 7 nitrogen and oxygen atoms in total. The summed E-state index contributed by atoms with van der Waals surface area (Å²) >= 11 is 3.54. The van der Waals surface area contributed by atoms with Crippen LogP contribution in [-0.4, -0.2) is 43.8 Å². The van der Waals surface area contributed by atoms with Crippen LogP contribution in [0.1, 0.15) is 53.5 Å². The quantitative estimate of drug-likeness (QED) is 0.167. The third kappa shape index (κ3) is 8.70. The molecule has 0 saturated heterocycles. The molecule has 2 amide bonds. The van der Waals surface area contributed by atoms with Crippen molar-refractivity contribution in [1.82, 2.24) is 10.2 Å². The van der Waals surface area contributed by atoms with E-state index < -0.39 is 28.5 Å². The van der Waals surface area contributed by atoms with Gasteiger partial charge in [0, 0.05) is 23.5 Å². The van der Waals surface area contributed by atoms with Crippen LogP contribution in [0.4, 0.5) is 5.69 Å². The standard InChI is InChI=1S/C38H42BrN3O4S/c1-27-17-20-34(21-18-27)47(45,46)42(35-22-28(2)16-19-29(35)3)26-37(43)41(25-31-12-9-13-32(39)23-31)36(24-30-10-5-4-6-11-30)38(44)40-33-14-7-8-15-33/h4-6,9-13,16-23,33,36H,7-8,14-15,24-26H2,1-3H3,(H,40,44). The smallest absolute Gasteiger partial charge is 0.264 e. The zero-order valence-corrected chi connectivity index (χ0v) is 29.6. The predicted octanol–water partition coefficient (Wildman–Crippen LogP) is 7.27. The molecule has 5 rings (SSSR count). The lowest BCUT2D eigenvalue weighted by molar-refractivity contribution is -0.140. The lowest BCUT2D eigenvalue weighted by Gasteiger charge is -2.34. The molecule has 1 aliphatic carbocycles. The third-order valence-corrected chi connectivity index (χ3v) is 11.0. The van der Waals surface area contributed by atoms with Crippen LogP contribution >= 0.6 is 15.9 Å². The highest BCUT2D eigenvalue weighted by atomic mass is 79.9. The molecule has 0 aromatic heterocycles. The minimum absolute atomic E-state index is 0.0527. The highest BCUT2D eigenvalue weighted by molar-refractivity contribution is 9.10. The van der Waals surface area contributed by atoms with E-state index in [-0.39, 0.29) is 29.8 Å². The molecule has 1 atom stereocenters. The molecule has 1 aliphatic rings. The van der Waals surface area contributed by atoms with Gasteiger partial charge in [-0.2, -0.15) is 0 Å². The topological polar surface area (TPSA) is 86.8 Å². The van der Waals surface area contributed by atoms with Gasteiger partial charge in [-0.05, 0) is 86.2 Å². The molecule has 4 aromatic rings. The third-order valence-electron chi connectivity index (χ3n) is 8.74. The summed E-state index contributed by atoms with van der Waals surface area (Å²) in [4.78, 5) is 30.6. The van der Waals surface area contributed by atoms with Crippen LogP contribution in [0.5, 0.6) is 0 Å². The molecule has 1 saturated carbocycles. The molecule has 1 unspecified atom stereocenters.